The van der Waals surface area contributed by atoms with Crippen LogP contribution in [0.25, 0.3) is 0 Å². The number of hydrogen-bond acceptors (Lipinski definition) is 7. The molecule has 0 saturated carbocycles. The Kier molecular flexibility index (Phi) is 17.2. The highest BCUT2D eigenvalue weighted by Gasteiger charge is 2.16. The van der Waals surface area contributed by atoms with Crippen LogP contribution in [-0.4, -0.2) is 30.6 Å². The average molecular weight is 598 g/mol. The first-order chi connectivity index (χ1) is 19.7. The van der Waals surface area contributed by atoms with E-state index in [1.807, 2.05) is 25.2 Å². The lowest BCUT2D eigenvalue weighted by atomic mass is 9.96. The Morgan fingerprint density at radius 1 is 1.15 bits per heavy atom. The number of nitrogens with two attached hydrogens (primary N) is 1. The van der Waals surface area contributed by atoms with Crippen molar-refractivity contribution in [2.24, 2.45) is 11.1 Å². The molecule has 1 aromatic heterocycles. The number of thiophene rings is 1. The van der Waals surface area contributed by atoms with Gasteiger partial charge in [0.25, 0.3) is 0 Å². The molecule has 3 aromatic rings. The SMILES string of the molecule is CCc1cccc(C(=O)OC)c1.CCc1sc(NC)c(C#N)c1CCC(C)CC.NS(=O)c1ccc(CC=O)cc1. The number of rotatable bonds is 11. The summed E-state index contributed by atoms with van der Waals surface area (Å²) in [5.74, 6) is 0.467. The molecule has 0 bridgehead atoms. The first kappa shape index (κ1) is 35.7. The minimum Gasteiger partial charge on any atom is -0.465 e. The monoisotopic (exact) mass is 597 g/mol. The minimum absolute atomic E-state index is 0.273. The third-order valence-corrected chi connectivity index (χ3v) is 8.70. The van der Waals surface area contributed by atoms with E-state index in [2.05, 4.69) is 43.8 Å². The Balaban J connectivity index is 0.000000315. The van der Waals surface area contributed by atoms with Gasteiger partial charge in [0.2, 0.25) is 0 Å². The van der Waals surface area contributed by atoms with Gasteiger partial charge in [0.1, 0.15) is 28.3 Å². The lowest BCUT2D eigenvalue weighted by molar-refractivity contribution is -0.107. The minimum atomic E-state index is -1.43. The lowest BCUT2D eigenvalue weighted by Crippen LogP contribution is -2.02. The Morgan fingerprint density at radius 2 is 1.83 bits per heavy atom. The van der Waals surface area contributed by atoms with Crippen LogP contribution in [0.3, 0.4) is 0 Å². The molecule has 222 valence electrons. The Morgan fingerprint density at radius 3 is 2.32 bits per heavy atom. The van der Waals surface area contributed by atoms with E-state index in [1.54, 1.807) is 41.7 Å². The maximum absolute atomic E-state index is 11.1. The maximum atomic E-state index is 11.1. The average Bonchev–Trinajstić information content (AvgIpc) is 3.37. The van der Waals surface area contributed by atoms with Crippen LogP contribution in [0.4, 0.5) is 5.00 Å². The van der Waals surface area contributed by atoms with Crippen molar-refractivity contribution in [3.05, 3.63) is 81.2 Å². The number of hydrogen-bond donors (Lipinski definition) is 2. The van der Waals surface area contributed by atoms with Crippen molar-refractivity contribution in [1.29, 1.82) is 5.26 Å². The van der Waals surface area contributed by atoms with E-state index in [9.17, 15) is 19.1 Å². The number of nitriles is 1. The third-order valence-electron chi connectivity index (χ3n) is 6.57. The molecule has 0 aliphatic heterocycles. The summed E-state index contributed by atoms with van der Waals surface area (Å²) in [6, 6.07) is 16.6. The molecular weight excluding hydrogens is 555 g/mol. The smallest absolute Gasteiger partial charge is 0.337 e. The predicted octanol–water partition coefficient (Wildman–Crippen LogP) is 6.65. The van der Waals surface area contributed by atoms with Crippen LogP contribution in [0.5, 0.6) is 0 Å². The van der Waals surface area contributed by atoms with Crippen molar-refractivity contribution in [1.82, 2.24) is 0 Å². The molecular formula is C32H43N3O4S2. The highest BCUT2D eigenvalue weighted by atomic mass is 32.2. The highest BCUT2D eigenvalue weighted by molar-refractivity contribution is 7.82. The number of aryl methyl sites for hydroxylation is 2. The fourth-order valence-electron chi connectivity index (χ4n) is 3.84. The molecule has 2 unspecified atom stereocenters. The summed E-state index contributed by atoms with van der Waals surface area (Å²) in [6.45, 7) is 8.72. The quantitative estimate of drug-likeness (QED) is 0.189. The van der Waals surface area contributed by atoms with Gasteiger partial charge >= 0.3 is 5.97 Å². The number of ether oxygens (including phenoxy) is 1. The van der Waals surface area contributed by atoms with E-state index in [0.29, 0.717) is 16.9 Å². The summed E-state index contributed by atoms with van der Waals surface area (Å²) in [4.78, 5) is 23.1. The maximum Gasteiger partial charge on any atom is 0.337 e. The standard InChI is InChI=1S/C14H22N2S.C10H12O2.C8H9NO2S/c1-5-10(3)7-8-11-12(9-15)14(16-4)17-13(11)6-2;1-3-8-5-4-6-9(7-8)10(11)12-2;9-12(11)8-3-1-7(2-4-8)5-6-10/h10,16H,5-8H2,1-4H3;4-7H,3H2,1-2H3;1-4,6H,5,9H2. The molecule has 9 heteroatoms. The Bertz CT molecular complexity index is 1300. The van der Waals surface area contributed by atoms with Gasteiger partial charge in [0.05, 0.1) is 23.1 Å². The molecule has 0 aliphatic rings. The van der Waals surface area contributed by atoms with E-state index in [1.165, 1.54) is 30.4 Å². The van der Waals surface area contributed by atoms with Crippen molar-refractivity contribution in [2.45, 2.75) is 71.1 Å². The van der Waals surface area contributed by atoms with Crippen molar-refractivity contribution >= 4 is 39.6 Å². The van der Waals surface area contributed by atoms with Crippen molar-refractivity contribution < 1.29 is 18.5 Å². The lowest BCUT2D eigenvalue weighted by Gasteiger charge is -2.08. The second-order valence-electron chi connectivity index (χ2n) is 9.33. The molecule has 0 spiro atoms. The molecule has 2 atom stereocenters. The fourth-order valence-corrected chi connectivity index (χ4v) is 5.34. The van der Waals surface area contributed by atoms with Gasteiger partial charge in [-0.25, -0.2) is 14.1 Å². The zero-order valence-corrected chi connectivity index (χ0v) is 26.6. The number of anilines is 1. The van der Waals surface area contributed by atoms with Crippen LogP contribution in [0, 0.1) is 17.2 Å². The molecule has 0 saturated heterocycles. The summed E-state index contributed by atoms with van der Waals surface area (Å²) in [7, 11) is 1.85. The number of carbonyl (C=O) groups excluding carboxylic acids is 2. The largest absolute Gasteiger partial charge is 0.465 e. The van der Waals surface area contributed by atoms with Gasteiger partial charge in [-0.3, -0.25) is 0 Å². The zero-order valence-electron chi connectivity index (χ0n) is 25.0. The van der Waals surface area contributed by atoms with E-state index in [0.717, 1.165) is 53.2 Å². The van der Waals surface area contributed by atoms with Gasteiger partial charge in [-0.2, -0.15) is 5.26 Å². The summed E-state index contributed by atoms with van der Waals surface area (Å²) in [6.07, 6.45) is 6.61. The first-order valence-corrected chi connectivity index (χ1v) is 15.8. The van der Waals surface area contributed by atoms with Gasteiger partial charge in [-0.15, -0.1) is 11.3 Å². The molecule has 0 aliphatic carbocycles. The number of esters is 1. The summed E-state index contributed by atoms with van der Waals surface area (Å²) >= 11 is 1.74. The van der Waals surface area contributed by atoms with Gasteiger partial charge < -0.3 is 14.8 Å². The molecule has 0 radical (unpaired) electrons. The summed E-state index contributed by atoms with van der Waals surface area (Å²) in [5.41, 5.74) is 4.83. The van der Waals surface area contributed by atoms with Crippen LogP contribution in [0.15, 0.2) is 53.4 Å². The normalized spacial score (nSPS) is 11.5. The number of aldehydes is 1. The molecule has 3 rings (SSSR count). The van der Waals surface area contributed by atoms with Crippen molar-refractivity contribution in [3.8, 4) is 6.07 Å². The van der Waals surface area contributed by atoms with E-state index < -0.39 is 11.0 Å². The number of carbonyl (C=O) groups is 2. The first-order valence-electron chi connectivity index (χ1n) is 13.8. The van der Waals surface area contributed by atoms with E-state index in [-0.39, 0.29) is 5.97 Å². The summed E-state index contributed by atoms with van der Waals surface area (Å²) < 4.78 is 15.3. The second-order valence-corrected chi connectivity index (χ2v) is 11.5. The molecule has 3 N–H and O–H groups in total. The van der Waals surface area contributed by atoms with Crippen molar-refractivity contribution in [3.63, 3.8) is 0 Å². The third kappa shape index (κ3) is 12.0. The summed E-state index contributed by atoms with van der Waals surface area (Å²) in [5, 5.41) is 18.6. The molecule has 7 nitrogen and oxygen atoms in total. The predicted molar refractivity (Wildman–Crippen MR) is 170 cm³/mol. The van der Waals surface area contributed by atoms with E-state index in [4.69, 9.17) is 5.14 Å². The van der Waals surface area contributed by atoms with Gasteiger partial charge in [-0.05, 0) is 72.6 Å². The highest BCUT2D eigenvalue weighted by Crippen LogP contribution is 2.34. The van der Waals surface area contributed by atoms with Crippen LogP contribution >= 0.6 is 11.3 Å². The second kappa shape index (κ2) is 19.7. The Hall–Kier alpha value is -3.32. The Labute approximate surface area is 251 Å². The fraction of sp³-hybridized carbons (Fsp3) is 0.406. The van der Waals surface area contributed by atoms with Crippen molar-refractivity contribution in [2.75, 3.05) is 19.5 Å². The molecule has 0 fully saturated rings. The number of nitrogens with zero attached hydrogens (tertiary/aromatic N) is 1. The number of benzene rings is 2. The topological polar surface area (TPSA) is 122 Å². The molecule has 41 heavy (non-hydrogen) atoms. The van der Waals surface area contributed by atoms with Gasteiger partial charge in [0.15, 0.2) is 0 Å². The molecule has 2 aromatic carbocycles. The number of nitrogens with one attached hydrogen (secondary N) is 1. The van der Waals surface area contributed by atoms with Crippen LogP contribution in [-0.2, 0) is 46.2 Å². The van der Waals surface area contributed by atoms with E-state index >= 15 is 0 Å². The zero-order chi connectivity index (χ0) is 30.8. The van der Waals surface area contributed by atoms with Crippen LogP contribution in [0.1, 0.15) is 78.0 Å². The molecule has 0 amide bonds. The van der Waals surface area contributed by atoms with Crippen LogP contribution < -0.4 is 10.5 Å². The number of methoxy groups -OCH3 is 1. The van der Waals surface area contributed by atoms with Crippen LogP contribution in [0.2, 0.25) is 0 Å². The van der Waals surface area contributed by atoms with Gasteiger partial charge in [-0.1, -0.05) is 58.4 Å². The molecule has 1 heterocycles. The van der Waals surface area contributed by atoms with Gasteiger partial charge in [0, 0.05) is 18.3 Å².